The van der Waals surface area contributed by atoms with E-state index in [2.05, 4.69) is 107 Å². The van der Waals surface area contributed by atoms with Crippen LogP contribution in [0, 0.1) is 0 Å². The summed E-state index contributed by atoms with van der Waals surface area (Å²) in [5.41, 5.74) is 4.30. The minimum absolute atomic E-state index is 0.344. The Labute approximate surface area is 291 Å². The van der Waals surface area contributed by atoms with Crippen LogP contribution in [0.2, 0.25) is 33.2 Å². The summed E-state index contributed by atoms with van der Waals surface area (Å²) in [6.45, 7) is 26.5. The maximum atomic E-state index is 10.7. The molecule has 2 aromatic carbocycles. The van der Waals surface area contributed by atoms with Crippen molar-refractivity contribution in [3.05, 3.63) is 53.6 Å². The van der Waals surface area contributed by atoms with Gasteiger partial charge < -0.3 is 38.8 Å². The van der Waals surface area contributed by atoms with Crippen LogP contribution in [0.1, 0.15) is 94.2 Å². The van der Waals surface area contributed by atoms with E-state index in [0.29, 0.717) is 44.7 Å². The van der Waals surface area contributed by atoms with Crippen LogP contribution >= 0.6 is 0 Å². The highest BCUT2D eigenvalue weighted by Crippen LogP contribution is 2.44. The van der Waals surface area contributed by atoms with Crippen molar-refractivity contribution in [2.24, 2.45) is 0 Å². The van der Waals surface area contributed by atoms with E-state index in [1.54, 1.807) is 6.07 Å². The van der Waals surface area contributed by atoms with Crippen LogP contribution in [-0.2, 0) is 4.74 Å². The predicted molar refractivity (Wildman–Crippen MR) is 200 cm³/mol. The van der Waals surface area contributed by atoms with Gasteiger partial charge in [-0.3, -0.25) is 0 Å². The van der Waals surface area contributed by atoms with Crippen molar-refractivity contribution in [1.82, 2.24) is 0 Å². The maximum Gasteiger partial charge on any atom is 0.258 e. The third-order valence-electron chi connectivity index (χ3n) is 10.4. The topological polar surface area (TPSA) is 118 Å². The Morgan fingerprint density at radius 3 is 1.48 bits per heavy atom. The highest BCUT2D eigenvalue weighted by atomic mass is 28.4. The van der Waals surface area contributed by atoms with Crippen LogP contribution in [-0.4, -0.2) is 74.4 Å². The van der Waals surface area contributed by atoms with Crippen LogP contribution in [0.3, 0.4) is 0 Å². The van der Waals surface area contributed by atoms with Gasteiger partial charge in [0.15, 0.2) is 0 Å². The Bertz CT molecular complexity index is 1280. The molecule has 0 aliphatic carbocycles. The first-order chi connectivity index (χ1) is 22.4. The number of hydrogen-bond acceptors (Lipinski definition) is 8. The van der Waals surface area contributed by atoms with Crippen molar-refractivity contribution in [3.63, 3.8) is 0 Å². The highest BCUT2D eigenvalue weighted by molar-refractivity contribution is 6.78. The van der Waals surface area contributed by atoms with E-state index >= 15 is 0 Å². The Hall–Kier alpha value is -2.19. The summed E-state index contributed by atoms with van der Waals surface area (Å²) in [5.74, 6) is 1.93. The predicted octanol–water partition coefficient (Wildman–Crippen LogP) is 8.14. The SMILES string of the molecule is CC(C)[Si](Oc1ccc(/C=C/c2cc(OC3OC(CO)C(O)C(O)C3O)cc(O[Si](C(C)C)(C(C)C)C(C)C)c2)cc1)(C(C)C)C(C)C. The van der Waals surface area contributed by atoms with E-state index < -0.39 is 53.9 Å². The van der Waals surface area contributed by atoms with Crippen LogP contribution in [0.4, 0.5) is 0 Å². The molecule has 270 valence electrons. The lowest BCUT2D eigenvalue weighted by Crippen LogP contribution is -2.60. The van der Waals surface area contributed by atoms with E-state index in [-0.39, 0.29) is 0 Å². The Morgan fingerprint density at radius 2 is 1.02 bits per heavy atom. The van der Waals surface area contributed by atoms with Gasteiger partial charge in [-0.25, -0.2) is 0 Å². The molecule has 3 rings (SSSR count). The number of benzene rings is 2. The molecular formula is C38H62O8Si2. The van der Waals surface area contributed by atoms with E-state index in [0.717, 1.165) is 16.9 Å². The van der Waals surface area contributed by atoms with Crippen LogP contribution in [0.5, 0.6) is 17.2 Å². The van der Waals surface area contributed by atoms with Gasteiger partial charge in [0.1, 0.15) is 41.7 Å². The molecule has 0 saturated carbocycles. The minimum atomic E-state index is -2.33. The Morgan fingerprint density at radius 1 is 0.583 bits per heavy atom. The second kappa shape index (κ2) is 16.7. The second-order valence-electron chi connectivity index (χ2n) is 15.3. The molecule has 8 nitrogen and oxygen atoms in total. The fourth-order valence-corrected chi connectivity index (χ4v) is 18.6. The van der Waals surface area contributed by atoms with E-state index in [1.165, 1.54) is 0 Å². The first-order valence-corrected chi connectivity index (χ1v) is 22.0. The van der Waals surface area contributed by atoms with E-state index in [1.807, 2.05) is 24.3 Å². The van der Waals surface area contributed by atoms with Gasteiger partial charge in [-0.1, -0.05) is 107 Å². The van der Waals surface area contributed by atoms with Crippen molar-refractivity contribution < 1.29 is 38.8 Å². The average Bonchev–Trinajstić information content (AvgIpc) is 3.01. The molecule has 0 bridgehead atoms. The molecule has 1 aliphatic heterocycles. The fraction of sp³-hybridized carbons (Fsp3) is 0.632. The van der Waals surface area contributed by atoms with E-state index in [9.17, 15) is 20.4 Å². The van der Waals surface area contributed by atoms with Gasteiger partial charge in [-0.2, -0.15) is 0 Å². The van der Waals surface area contributed by atoms with Crippen molar-refractivity contribution >= 4 is 28.8 Å². The summed E-state index contributed by atoms with van der Waals surface area (Å²) in [6, 6.07) is 13.8. The molecule has 48 heavy (non-hydrogen) atoms. The van der Waals surface area contributed by atoms with E-state index in [4.69, 9.17) is 18.3 Å². The molecule has 0 radical (unpaired) electrons. The summed E-state index contributed by atoms with van der Waals surface area (Å²) >= 11 is 0. The van der Waals surface area contributed by atoms with Gasteiger partial charge >= 0.3 is 0 Å². The molecule has 1 fully saturated rings. The molecular weight excluding hydrogens is 641 g/mol. The standard InChI is InChI=1S/C38H62O8Si2/c1-23(2)47(24(3)4,25(5)6)45-31-17-15-29(16-18-31)13-14-30-19-32(43-38-37(42)36(41)35(40)34(22-39)44-38)21-33(20-30)46-48(26(7)8,27(9)10)28(11)12/h13-21,23-28,34-42H,22H2,1-12H3/b14-13+. The second-order valence-corrected chi connectivity index (χ2v) is 26.0. The van der Waals surface area contributed by atoms with Crippen LogP contribution < -0.4 is 13.6 Å². The molecule has 1 saturated heterocycles. The first-order valence-electron chi connectivity index (χ1n) is 17.7. The third kappa shape index (κ3) is 8.57. The smallest absolute Gasteiger partial charge is 0.258 e. The molecule has 5 atom stereocenters. The maximum absolute atomic E-state index is 10.7. The molecule has 1 aliphatic rings. The molecule has 5 unspecified atom stereocenters. The van der Waals surface area contributed by atoms with Crippen molar-refractivity contribution in [3.8, 4) is 17.2 Å². The molecule has 4 N–H and O–H groups in total. The van der Waals surface area contributed by atoms with Crippen LogP contribution in [0.15, 0.2) is 42.5 Å². The molecule has 2 aromatic rings. The minimum Gasteiger partial charge on any atom is -0.543 e. The lowest BCUT2D eigenvalue weighted by molar-refractivity contribution is -0.277. The van der Waals surface area contributed by atoms with Gasteiger partial charge in [0.2, 0.25) is 6.29 Å². The summed E-state index contributed by atoms with van der Waals surface area (Å²) in [6.07, 6.45) is -2.89. The molecule has 0 aromatic heterocycles. The lowest BCUT2D eigenvalue weighted by Gasteiger charge is -2.42. The highest BCUT2D eigenvalue weighted by Gasteiger charge is 2.48. The largest absolute Gasteiger partial charge is 0.543 e. The van der Waals surface area contributed by atoms with Gasteiger partial charge in [-0.05, 0) is 68.6 Å². The number of hydrogen-bond donors (Lipinski definition) is 4. The van der Waals surface area contributed by atoms with Gasteiger partial charge in [0, 0.05) is 6.07 Å². The number of rotatable bonds is 15. The lowest BCUT2D eigenvalue weighted by atomic mass is 9.99. The molecule has 10 heteroatoms. The number of aliphatic hydroxyl groups is 4. The molecule has 0 amide bonds. The summed E-state index contributed by atoms with van der Waals surface area (Å²) in [5, 5.41) is 41.0. The van der Waals surface area contributed by atoms with Gasteiger partial charge in [-0.15, -0.1) is 0 Å². The first kappa shape index (κ1) is 40.2. The normalized spacial score (nSPS) is 22.6. The summed E-state index contributed by atoms with van der Waals surface area (Å²) in [4.78, 5) is 0. The fourth-order valence-electron chi connectivity index (χ4n) is 8.07. The quantitative estimate of drug-likeness (QED) is 0.109. The zero-order valence-electron chi connectivity index (χ0n) is 31.2. The van der Waals surface area contributed by atoms with Crippen molar-refractivity contribution in [2.45, 2.75) is 147 Å². The Balaban J connectivity index is 1.99. The monoisotopic (exact) mass is 702 g/mol. The molecule has 1 heterocycles. The van der Waals surface area contributed by atoms with Crippen molar-refractivity contribution in [2.75, 3.05) is 6.61 Å². The molecule has 0 spiro atoms. The van der Waals surface area contributed by atoms with Gasteiger partial charge in [0.25, 0.3) is 16.6 Å². The summed E-state index contributed by atoms with van der Waals surface area (Å²) < 4.78 is 25.6. The third-order valence-corrected chi connectivity index (χ3v) is 22.4. The Kier molecular flexibility index (Phi) is 14.0. The van der Waals surface area contributed by atoms with Crippen LogP contribution in [0.25, 0.3) is 12.2 Å². The number of aliphatic hydroxyl groups excluding tert-OH is 4. The zero-order chi connectivity index (χ0) is 36.1. The van der Waals surface area contributed by atoms with Crippen molar-refractivity contribution in [1.29, 1.82) is 0 Å². The average molecular weight is 703 g/mol. The number of ether oxygens (including phenoxy) is 2. The zero-order valence-corrected chi connectivity index (χ0v) is 33.2. The summed E-state index contributed by atoms with van der Waals surface area (Å²) in [7, 11) is -4.40. The van der Waals surface area contributed by atoms with Gasteiger partial charge in [0.05, 0.1) is 6.61 Å².